The Morgan fingerprint density at radius 2 is 2.00 bits per heavy atom. The molecule has 2 aliphatic heterocycles. The van der Waals surface area contributed by atoms with Crippen LogP contribution >= 0.6 is 0 Å². The number of hydrogen-bond donors (Lipinski definition) is 1. The molecule has 3 rings (SSSR count). The number of nitrogens with zero attached hydrogens (tertiary/aromatic N) is 1. The SMILES string of the molecule is CN1CCNCC1(C)c1ccc2c(c1)OCCCO2. The zero-order valence-corrected chi connectivity index (χ0v) is 11.7. The average molecular weight is 262 g/mol. The van der Waals surface area contributed by atoms with Crippen molar-refractivity contribution in [1.29, 1.82) is 0 Å². The van der Waals surface area contributed by atoms with Crippen LogP contribution in [0.2, 0.25) is 0 Å². The zero-order chi connectivity index (χ0) is 13.3. The van der Waals surface area contributed by atoms with Crippen LogP contribution in [-0.4, -0.2) is 44.8 Å². The summed E-state index contributed by atoms with van der Waals surface area (Å²) < 4.78 is 11.5. The van der Waals surface area contributed by atoms with E-state index in [1.807, 2.05) is 6.07 Å². The largest absolute Gasteiger partial charge is 0.490 e. The molecule has 104 valence electrons. The highest BCUT2D eigenvalue weighted by atomic mass is 16.5. The molecule has 0 aromatic heterocycles. The lowest BCUT2D eigenvalue weighted by Gasteiger charge is -2.43. The van der Waals surface area contributed by atoms with Crippen LogP contribution < -0.4 is 14.8 Å². The van der Waals surface area contributed by atoms with E-state index in [-0.39, 0.29) is 5.54 Å². The van der Waals surface area contributed by atoms with Crippen molar-refractivity contribution in [2.45, 2.75) is 18.9 Å². The number of nitrogens with one attached hydrogen (secondary N) is 1. The van der Waals surface area contributed by atoms with Crippen molar-refractivity contribution in [2.24, 2.45) is 0 Å². The van der Waals surface area contributed by atoms with Crippen LogP contribution in [0.15, 0.2) is 18.2 Å². The predicted molar refractivity (Wildman–Crippen MR) is 74.9 cm³/mol. The van der Waals surface area contributed by atoms with Gasteiger partial charge in [0.25, 0.3) is 0 Å². The highest BCUT2D eigenvalue weighted by Crippen LogP contribution is 2.36. The lowest BCUT2D eigenvalue weighted by Crippen LogP contribution is -2.55. The number of benzene rings is 1. The van der Waals surface area contributed by atoms with Crippen molar-refractivity contribution in [1.82, 2.24) is 10.2 Å². The summed E-state index contributed by atoms with van der Waals surface area (Å²) in [4.78, 5) is 2.41. The van der Waals surface area contributed by atoms with Crippen LogP contribution in [0.4, 0.5) is 0 Å². The molecule has 1 aromatic rings. The summed E-state index contributed by atoms with van der Waals surface area (Å²) in [6.45, 7) is 6.83. The van der Waals surface area contributed by atoms with Gasteiger partial charge in [-0.3, -0.25) is 4.90 Å². The van der Waals surface area contributed by atoms with Gasteiger partial charge in [0.1, 0.15) is 0 Å². The molecule has 0 amide bonds. The summed E-state index contributed by atoms with van der Waals surface area (Å²) in [6, 6.07) is 6.35. The number of rotatable bonds is 1. The van der Waals surface area contributed by atoms with E-state index in [4.69, 9.17) is 9.47 Å². The molecule has 0 saturated carbocycles. The Morgan fingerprint density at radius 1 is 1.21 bits per heavy atom. The number of piperazine rings is 1. The Morgan fingerprint density at radius 3 is 2.79 bits per heavy atom. The van der Waals surface area contributed by atoms with Crippen molar-refractivity contribution in [2.75, 3.05) is 39.9 Å². The van der Waals surface area contributed by atoms with Gasteiger partial charge in [0.05, 0.1) is 18.8 Å². The molecule has 1 N–H and O–H groups in total. The summed E-state index contributed by atoms with van der Waals surface area (Å²) in [5, 5.41) is 3.48. The summed E-state index contributed by atoms with van der Waals surface area (Å²) in [5.41, 5.74) is 1.30. The van der Waals surface area contributed by atoms with Crippen molar-refractivity contribution < 1.29 is 9.47 Å². The van der Waals surface area contributed by atoms with Gasteiger partial charge in [-0.25, -0.2) is 0 Å². The standard InChI is InChI=1S/C15H22N2O2/c1-15(11-16-6-7-17(15)2)12-4-5-13-14(10-12)19-9-3-8-18-13/h4-5,10,16H,3,6-9,11H2,1-2H3. The molecule has 1 unspecified atom stereocenters. The zero-order valence-electron chi connectivity index (χ0n) is 11.7. The summed E-state index contributed by atoms with van der Waals surface area (Å²) in [7, 11) is 2.18. The molecule has 0 bridgehead atoms. The van der Waals surface area contributed by atoms with E-state index in [1.165, 1.54) is 5.56 Å². The molecular weight excluding hydrogens is 240 g/mol. The van der Waals surface area contributed by atoms with Gasteiger partial charge in [0, 0.05) is 26.1 Å². The first-order valence-corrected chi connectivity index (χ1v) is 7.02. The number of ether oxygens (including phenoxy) is 2. The van der Waals surface area contributed by atoms with Gasteiger partial charge in [-0.1, -0.05) is 6.07 Å². The average Bonchev–Trinajstić information content (AvgIpc) is 2.66. The molecule has 4 heteroatoms. The lowest BCUT2D eigenvalue weighted by molar-refractivity contribution is 0.103. The van der Waals surface area contributed by atoms with Gasteiger partial charge in [0.2, 0.25) is 0 Å². The van der Waals surface area contributed by atoms with E-state index in [0.29, 0.717) is 0 Å². The summed E-state index contributed by atoms with van der Waals surface area (Å²) >= 11 is 0. The molecule has 1 aromatic carbocycles. The molecule has 1 atom stereocenters. The Balaban J connectivity index is 1.94. The molecule has 0 aliphatic carbocycles. The molecule has 1 saturated heterocycles. The molecule has 19 heavy (non-hydrogen) atoms. The third-order valence-corrected chi connectivity index (χ3v) is 4.31. The van der Waals surface area contributed by atoms with Crippen LogP contribution in [0.3, 0.4) is 0 Å². The Labute approximate surface area is 114 Å². The molecule has 2 heterocycles. The molecule has 2 aliphatic rings. The molecule has 1 fully saturated rings. The Bertz CT molecular complexity index is 463. The normalized spacial score (nSPS) is 27.9. The van der Waals surface area contributed by atoms with Crippen LogP contribution in [0.25, 0.3) is 0 Å². The second kappa shape index (κ2) is 5.02. The van der Waals surface area contributed by atoms with E-state index >= 15 is 0 Å². The number of fused-ring (bicyclic) bond motifs is 1. The third kappa shape index (κ3) is 2.30. The molecule has 4 nitrogen and oxygen atoms in total. The van der Waals surface area contributed by atoms with Crippen molar-refractivity contribution in [3.8, 4) is 11.5 Å². The van der Waals surface area contributed by atoms with Gasteiger partial charge >= 0.3 is 0 Å². The topological polar surface area (TPSA) is 33.7 Å². The van der Waals surface area contributed by atoms with Crippen molar-refractivity contribution in [3.05, 3.63) is 23.8 Å². The van der Waals surface area contributed by atoms with Crippen molar-refractivity contribution >= 4 is 0 Å². The molecule has 0 spiro atoms. The summed E-state index contributed by atoms with van der Waals surface area (Å²) in [6.07, 6.45) is 0.947. The lowest BCUT2D eigenvalue weighted by atomic mass is 9.88. The Kier molecular flexibility index (Phi) is 3.37. The molecule has 0 radical (unpaired) electrons. The van der Waals surface area contributed by atoms with Gasteiger partial charge < -0.3 is 14.8 Å². The fourth-order valence-corrected chi connectivity index (χ4v) is 2.78. The minimum atomic E-state index is 0.0168. The quantitative estimate of drug-likeness (QED) is 0.833. The third-order valence-electron chi connectivity index (χ3n) is 4.31. The van der Waals surface area contributed by atoms with Gasteiger partial charge in [-0.2, -0.15) is 0 Å². The maximum absolute atomic E-state index is 5.80. The minimum absolute atomic E-state index is 0.0168. The van der Waals surface area contributed by atoms with E-state index in [0.717, 1.165) is 50.8 Å². The summed E-state index contributed by atoms with van der Waals surface area (Å²) in [5.74, 6) is 1.76. The first-order valence-electron chi connectivity index (χ1n) is 7.02. The highest BCUT2D eigenvalue weighted by molar-refractivity contribution is 5.45. The van der Waals surface area contributed by atoms with Crippen LogP contribution in [0, 0.1) is 0 Å². The number of likely N-dealkylation sites (N-methyl/N-ethyl adjacent to an activating group) is 1. The molecular formula is C15H22N2O2. The van der Waals surface area contributed by atoms with E-state index in [1.54, 1.807) is 0 Å². The first kappa shape index (κ1) is 12.8. The van der Waals surface area contributed by atoms with Crippen LogP contribution in [0.5, 0.6) is 11.5 Å². The van der Waals surface area contributed by atoms with E-state index in [2.05, 4.69) is 36.3 Å². The van der Waals surface area contributed by atoms with Gasteiger partial charge in [-0.15, -0.1) is 0 Å². The van der Waals surface area contributed by atoms with E-state index < -0.39 is 0 Å². The maximum Gasteiger partial charge on any atom is 0.161 e. The monoisotopic (exact) mass is 262 g/mol. The van der Waals surface area contributed by atoms with Gasteiger partial charge in [0.15, 0.2) is 11.5 Å². The van der Waals surface area contributed by atoms with Crippen molar-refractivity contribution in [3.63, 3.8) is 0 Å². The minimum Gasteiger partial charge on any atom is -0.490 e. The Hall–Kier alpha value is -1.26. The smallest absolute Gasteiger partial charge is 0.161 e. The second-order valence-corrected chi connectivity index (χ2v) is 5.58. The maximum atomic E-state index is 5.80. The number of hydrogen-bond acceptors (Lipinski definition) is 4. The fraction of sp³-hybridized carbons (Fsp3) is 0.600. The van der Waals surface area contributed by atoms with Gasteiger partial charge in [-0.05, 0) is 31.7 Å². The van der Waals surface area contributed by atoms with Crippen LogP contribution in [-0.2, 0) is 5.54 Å². The second-order valence-electron chi connectivity index (χ2n) is 5.58. The fourth-order valence-electron chi connectivity index (χ4n) is 2.78. The highest BCUT2D eigenvalue weighted by Gasteiger charge is 2.34. The van der Waals surface area contributed by atoms with Crippen LogP contribution in [0.1, 0.15) is 18.9 Å². The first-order chi connectivity index (χ1) is 9.20. The predicted octanol–water partition coefficient (Wildman–Crippen LogP) is 1.60. The van der Waals surface area contributed by atoms with E-state index in [9.17, 15) is 0 Å².